The first-order valence-electron chi connectivity index (χ1n) is 9.24. The molecule has 0 radical (unpaired) electrons. The number of hydrogen-bond acceptors (Lipinski definition) is 4. The van der Waals surface area contributed by atoms with E-state index < -0.39 is 22.0 Å². The molecule has 1 unspecified atom stereocenters. The summed E-state index contributed by atoms with van der Waals surface area (Å²) in [6, 6.07) is 13.4. The minimum Gasteiger partial charge on any atom is -0.351 e. The Kier molecular flexibility index (Phi) is 6.46. The largest absolute Gasteiger partial charge is 0.351 e. The van der Waals surface area contributed by atoms with E-state index >= 15 is 0 Å². The number of aryl methyl sites for hydroxylation is 1. The van der Waals surface area contributed by atoms with E-state index in [0.717, 1.165) is 16.7 Å². The summed E-state index contributed by atoms with van der Waals surface area (Å²) in [6.07, 6.45) is 5.32. The lowest BCUT2D eigenvalue weighted by molar-refractivity contribution is -0.122. The molecule has 2 aromatic carbocycles. The van der Waals surface area contributed by atoms with Crippen molar-refractivity contribution in [3.63, 3.8) is 0 Å². The molecule has 0 aliphatic heterocycles. The highest BCUT2D eigenvalue weighted by atomic mass is 32.2. The minimum absolute atomic E-state index is 0.133. The Balaban J connectivity index is 1.61. The molecule has 1 atom stereocenters. The number of sulfonamides is 1. The van der Waals surface area contributed by atoms with Crippen molar-refractivity contribution >= 4 is 15.9 Å². The molecule has 3 aromatic rings. The highest BCUT2D eigenvalue weighted by molar-refractivity contribution is 7.89. The second kappa shape index (κ2) is 9.02. The Bertz CT molecular complexity index is 1060. The zero-order chi connectivity index (χ0) is 20.9. The fourth-order valence-electron chi connectivity index (χ4n) is 2.87. The van der Waals surface area contributed by atoms with Crippen LogP contribution in [0.2, 0.25) is 0 Å². The average molecular weight is 413 g/mol. The summed E-state index contributed by atoms with van der Waals surface area (Å²) in [5, 5.41) is 2.81. The first kappa shape index (κ1) is 20.8. The Morgan fingerprint density at radius 2 is 1.79 bits per heavy atom. The van der Waals surface area contributed by atoms with Gasteiger partial charge in [0.2, 0.25) is 15.9 Å². The van der Waals surface area contributed by atoms with E-state index in [1.165, 1.54) is 19.1 Å². The van der Waals surface area contributed by atoms with Crippen molar-refractivity contribution < 1.29 is 13.2 Å². The molecule has 1 heterocycles. The Morgan fingerprint density at radius 3 is 2.45 bits per heavy atom. The summed E-state index contributed by atoms with van der Waals surface area (Å²) in [6.45, 7) is 4.35. The highest BCUT2D eigenvalue weighted by Gasteiger charge is 2.22. The molecule has 8 heteroatoms. The molecule has 29 heavy (non-hydrogen) atoms. The van der Waals surface area contributed by atoms with Crippen LogP contribution in [-0.4, -0.2) is 29.9 Å². The molecular weight excluding hydrogens is 388 g/mol. The standard InChI is InChI=1S/C21H24N4O3S/c1-16-7-9-20(10-8-16)29(27,28)24-17(2)21(26)23-13-18-5-3-4-6-19(18)14-25-12-11-22-15-25/h3-12,15,17,24H,13-14H2,1-2H3,(H,23,26). The van der Waals surface area contributed by atoms with Crippen molar-refractivity contribution in [3.8, 4) is 0 Å². The zero-order valence-corrected chi connectivity index (χ0v) is 17.2. The number of nitrogens with zero attached hydrogens (tertiary/aromatic N) is 2. The predicted molar refractivity (Wildman–Crippen MR) is 111 cm³/mol. The van der Waals surface area contributed by atoms with Gasteiger partial charge in [0.25, 0.3) is 0 Å². The fraction of sp³-hybridized carbons (Fsp3) is 0.238. The van der Waals surface area contributed by atoms with Crippen molar-refractivity contribution in [2.24, 2.45) is 0 Å². The zero-order valence-electron chi connectivity index (χ0n) is 16.4. The highest BCUT2D eigenvalue weighted by Crippen LogP contribution is 2.12. The van der Waals surface area contributed by atoms with Crippen molar-refractivity contribution in [1.82, 2.24) is 19.6 Å². The van der Waals surface area contributed by atoms with E-state index in [9.17, 15) is 13.2 Å². The smallest absolute Gasteiger partial charge is 0.241 e. The SMILES string of the molecule is Cc1ccc(S(=O)(=O)NC(C)C(=O)NCc2ccccc2Cn2ccnc2)cc1. The number of hydrogen-bond donors (Lipinski definition) is 2. The summed E-state index contributed by atoms with van der Waals surface area (Å²) in [7, 11) is -3.77. The van der Waals surface area contributed by atoms with E-state index in [2.05, 4.69) is 15.0 Å². The molecule has 0 spiro atoms. The molecular formula is C21H24N4O3S. The van der Waals surface area contributed by atoms with Crippen LogP contribution in [0.4, 0.5) is 0 Å². The lowest BCUT2D eigenvalue weighted by Crippen LogP contribution is -2.44. The summed E-state index contributed by atoms with van der Waals surface area (Å²) >= 11 is 0. The second-order valence-corrected chi connectivity index (χ2v) is 8.59. The third-order valence-corrected chi connectivity index (χ3v) is 6.10. The summed E-state index contributed by atoms with van der Waals surface area (Å²) in [5.41, 5.74) is 2.98. The summed E-state index contributed by atoms with van der Waals surface area (Å²) < 4.78 is 29.3. The number of carbonyl (C=O) groups excluding carboxylic acids is 1. The third kappa shape index (κ3) is 5.52. The minimum atomic E-state index is -3.77. The molecule has 0 aliphatic rings. The van der Waals surface area contributed by atoms with Crippen LogP contribution < -0.4 is 10.0 Å². The van der Waals surface area contributed by atoms with E-state index in [-0.39, 0.29) is 4.90 Å². The van der Waals surface area contributed by atoms with Gasteiger partial charge in [0.1, 0.15) is 0 Å². The first-order chi connectivity index (χ1) is 13.8. The molecule has 2 N–H and O–H groups in total. The van der Waals surface area contributed by atoms with Gasteiger partial charge in [0.15, 0.2) is 0 Å². The van der Waals surface area contributed by atoms with Gasteiger partial charge in [-0.05, 0) is 37.1 Å². The maximum atomic E-state index is 12.5. The van der Waals surface area contributed by atoms with Crippen LogP contribution in [0.25, 0.3) is 0 Å². The van der Waals surface area contributed by atoms with Crippen LogP contribution in [0.1, 0.15) is 23.6 Å². The van der Waals surface area contributed by atoms with Crippen molar-refractivity contribution in [3.05, 3.63) is 83.9 Å². The Hall–Kier alpha value is -2.97. The lowest BCUT2D eigenvalue weighted by Gasteiger charge is -2.16. The third-order valence-electron chi connectivity index (χ3n) is 4.54. The number of benzene rings is 2. The normalized spacial score (nSPS) is 12.5. The maximum Gasteiger partial charge on any atom is 0.241 e. The molecule has 0 saturated carbocycles. The van der Waals surface area contributed by atoms with E-state index in [1.54, 1.807) is 24.7 Å². The summed E-state index contributed by atoms with van der Waals surface area (Å²) in [4.78, 5) is 16.6. The van der Waals surface area contributed by atoms with Gasteiger partial charge in [-0.3, -0.25) is 4.79 Å². The molecule has 1 amide bonds. The molecule has 0 saturated heterocycles. The summed E-state index contributed by atoms with van der Waals surface area (Å²) in [5.74, 6) is -0.391. The number of rotatable bonds is 8. The van der Waals surface area contributed by atoms with Crippen molar-refractivity contribution in [2.45, 2.75) is 37.9 Å². The number of aromatic nitrogens is 2. The van der Waals surface area contributed by atoms with Gasteiger partial charge in [0, 0.05) is 25.5 Å². The maximum absolute atomic E-state index is 12.5. The number of nitrogens with one attached hydrogen (secondary N) is 2. The Morgan fingerprint density at radius 1 is 1.10 bits per heavy atom. The van der Waals surface area contributed by atoms with Crippen molar-refractivity contribution in [2.75, 3.05) is 0 Å². The van der Waals surface area contributed by atoms with E-state index in [0.29, 0.717) is 13.1 Å². The van der Waals surface area contributed by atoms with Gasteiger partial charge >= 0.3 is 0 Å². The van der Waals surface area contributed by atoms with Gasteiger partial charge in [-0.1, -0.05) is 42.0 Å². The van der Waals surface area contributed by atoms with Gasteiger partial charge in [-0.25, -0.2) is 13.4 Å². The predicted octanol–water partition coefficient (Wildman–Crippen LogP) is 2.22. The monoisotopic (exact) mass is 412 g/mol. The van der Waals surface area contributed by atoms with Crippen LogP contribution in [0.3, 0.4) is 0 Å². The second-order valence-electron chi connectivity index (χ2n) is 6.88. The molecule has 1 aromatic heterocycles. The van der Waals surface area contributed by atoms with Crippen LogP contribution in [0, 0.1) is 6.92 Å². The molecule has 0 bridgehead atoms. The molecule has 7 nitrogen and oxygen atoms in total. The van der Waals surface area contributed by atoms with Gasteiger partial charge < -0.3 is 9.88 Å². The molecule has 3 rings (SSSR count). The topological polar surface area (TPSA) is 93.1 Å². The molecule has 0 fully saturated rings. The van der Waals surface area contributed by atoms with E-state index in [4.69, 9.17) is 0 Å². The quantitative estimate of drug-likeness (QED) is 0.593. The molecule has 152 valence electrons. The average Bonchev–Trinajstić information content (AvgIpc) is 3.20. The number of amides is 1. The van der Waals surface area contributed by atoms with Crippen molar-refractivity contribution in [1.29, 1.82) is 0 Å². The van der Waals surface area contributed by atoms with Gasteiger partial charge in [-0.2, -0.15) is 4.72 Å². The fourth-order valence-corrected chi connectivity index (χ4v) is 4.07. The van der Waals surface area contributed by atoms with Crippen LogP contribution >= 0.6 is 0 Å². The first-order valence-corrected chi connectivity index (χ1v) is 10.7. The number of imidazole rings is 1. The van der Waals surface area contributed by atoms with Crippen LogP contribution in [0.5, 0.6) is 0 Å². The van der Waals surface area contributed by atoms with Gasteiger partial charge in [-0.15, -0.1) is 0 Å². The van der Waals surface area contributed by atoms with Gasteiger partial charge in [0.05, 0.1) is 17.3 Å². The lowest BCUT2D eigenvalue weighted by atomic mass is 10.1. The van der Waals surface area contributed by atoms with Crippen LogP contribution in [-0.2, 0) is 27.9 Å². The van der Waals surface area contributed by atoms with E-state index in [1.807, 2.05) is 42.0 Å². The Labute approximate surface area is 170 Å². The van der Waals surface area contributed by atoms with Crippen LogP contribution in [0.15, 0.2) is 72.1 Å². The number of carbonyl (C=O) groups is 1. The molecule has 0 aliphatic carbocycles.